The molecule has 2 N–H and O–H groups in total. The van der Waals surface area contributed by atoms with E-state index in [4.69, 9.17) is 15.0 Å². The standard InChI is InChI=1S/C5H10O.C2H4O2/c1-3-4-5(2)6;1-2(3)4/h3-6H,1-2H3;1H3,(H,3,4)/b4-3+;. The quantitative estimate of drug-likeness (QED) is 0.543. The van der Waals surface area contributed by atoms with Gasteiger partial charge in [-0.25, -0.2) is 0 Å². The zero-order valence-corrected chi connectivity index (χ0v) is 6.53. The van der Waals surface area contributed by atoms with Crippen LogP contribution in [0, 0.1) is 0 Å². The van der Waals surface area contributed by atoms with Gasteiger partial charge in [0.2, 0.25) is 0 Å². The van der Waals surface area contributed by atoms with Crippen molar-refractivity contribution in [2.24, 2.45) is 0 Å². The second-order valence-electron chi connectivity index (χ2n) is 1.79. The van der Waals surface area contributed by atoms with Crippen LogP contribution in [0.3, 0.4) is 0 Å². The number of rotatable bonds is 1. The van der Waals surface area contributed by atoms with Crippen molar-refractivity contribution in [3.63, 3.8) is 0 Å². The number of hydrogen-bond acceptors (Lipinski definition) is 2. The highest BCUT2D eigenvalue weighted by molar-refractivity contribution is 5.62. The lowest BCUT2D eigenvalue weighted by atomic mass is 10.4. The number of allylic oxidation sites excluding steroid dienone is 1. The van der Waals surface area contributed by atoms with Gasteiger partial charge in [-0.2, -0.15) is 0 Å². The van der Waals surface area contributed by atoms with E-state index < -0.39 is 5.97 Å². The van der Waals surface area contributed by atoms with E-state index in [2.05, 4.69) is 0 Å². The highest BCUT2D eigenvalue weighted by Crippen LogP contribution is 1.78. The SMILES string of the molecule is C/C=C/C(C)O.CC(=O)O. The normalized spacial score (nSPS) is 12.0. The summed E-state index contributed by atoms with van der Waals surface area (Å²) in [6, 6.07) is 0. The van der Waals surface area contributed by atoms with Crippen LogP contribution in [0.4, 0.5) is 0 Å². The van der Waals surface area contributed by atoms with Crippen LogP contribution in [-0.4, -0.2) is 22.3 Å². The Morgan fingerprint density at radius 2 is 1.90 bits per heavy atom. The first-order valence-electron chi connectivity index (χ1n) is 3.01. The number of aliphatic carboxylic acids is 1. The topological polar surface area (TPSA) is 57.5 Å². The van der Waals surface area contributed by atoms with Crippen LogP contribution >= 0.6 is 0 Å². The van der Waals surface area contributed by atoms with Gasteiger partial charge in [-0.15, -0.1) is 0 Å². The second-order valence-corrected chi connectivity index (χ2v) is 1.79. The molecule has 0 rings (SSSR count). The van der Waals surface area contributed by atoms with Crippen LogP contribution in [0.2, 0.25) is 0 Å². The molecule has 0 aromatic heterocycles. The molecule has 10 heavy (non-hydrogen) atoms. The summed E-state index contributed by atoms with van der Waals surface area (Å²) in [5.74, 6) is -0.833. The lowest BCUT2D eigenvalue weighted by Crippen LogP contribution is -1.89. The Bertz CT molecular complexity index is 101. The van der Waals surface area contributed by atoms with Gasteiger partial charge >= 0.3 is 0 Å². The molecular weight excluding hydrogens is 132 g/mol. The van der Waals surface area contributed by atoms with E-state index >= 15 is 0 Å². The molecule has 0 saturated heterocycles. The lowest BCUT2D eigenvalue weighted by molar-refractivity contribution is -0.134. The fourth-order valence-corrected chi connectivity index (χ4v) is 0.279. The molecule has 0 heterocycles. The summed E-state index contributed by atoms with van der Waals surface area (Å²) >= 11 is 0. The van der Waals surface area contributed by atoms with Gasteiger partial charge in [0.25, 0.3) is 5.97 Å². The largest absolute Gasteiger partial charge is 0.481 e. The predicted octanol–water partition coefficient (Wildman–Crippen LogP) is 1.03. The number of aliphatic hydroxyl groups is 1. The summed E-state index contributed by atoms with van der Waals surface area (Å²) in [4.78, 5) is 9.00. The third-order valence-corrected chi connectivity index (χ3v) is 0.471. The molecule has 60 valence electrons. The molecule has 0 aliphatic carbocycles. The summed E-state index contributed by atoms with van der Waals surface area (Å²) < 4.78 is 0. The number of carbonyl (C=O) groups is 1. The Morgan fingerprint density at radius 1 is 1.60 bits per heavy atom. The van der Waals surface area contributed by atoms with Gasteiger partial charge in [0.05, 0.1) is 6.10 Å². The monoisotopic (exact) mass is 146 g/mol. The Labute approximate surface area is 61.0 Å². The second kappa shape index (κ2) is 8.17. The zero-order valence-electron chi connectivity index (χ0n) is 6.53. The minimum atomic E-state index is -0.833. The first-order chi connectivity index (χ1) is 4.50. The van der Waals surface area contributed by atoms with E-state index in [1.807, 2.05) is 13.0 Å². The van der Waals surface area contributed by atoms with Crippen LogP contribution in [0.15, 0.2) is 12.2 Å². The third kappa shape index (κ3) is 58.0. The van der Waals surface area contributed by atoms with Crippen LogP contribution < -0.4 is 0 Å². The van der Waals surface area contributed by atoms with Crippen LogP contribution in [-0.2, 0) is 4.79 Å². The van der Waals surface area contributed by atoms with E-state index in [1.165, 1.54) is 0 Å². The van der Waals surface area contributed by atoms with E-state index in [9.17, 15) is 0 Å². The molecule has 0 saturated carbocycles. The summed E-state index contributed by atoms with van der Waals surface area (Å²) in [7, 11) is 0. The lowest BCUT2D eigenvalue weighted by Gasteiger charge is -1.87. The van der Waals surface area contributed by atoms with E-state index in [0.717, 1.165) is 6.92 Å². The summed E-state index contributed by atoms with van der Waals surface area (Å²) in [6.45, 7) is 4.69. The Morgan fingerprint density at radius 3 is 1.90 bits per heavy atom. The molecule has 1 unspecified atom stereocenters. The molecule has 0 spiro atoms. The van der Waals surface area contributed by atoms with Crippen molar-refractivity contribution in [2.75, 3.05) is 0 Å². The molecule has 0 amide bonds. The fourth-order valence-electron chi connectivity index (χ4n) is 0.279. The molecule has 0 aliphatic rings. The van der Waals surface area contributed by atoms with Crippen molar-refractivity contribution >= 4 is 5.97 Å². The summed E-state index contributed by atoms with van der Waals surface area (Å²) in [5, 5.41) is 15.9. The maximum atomic E-state index is 9.00. The molecule has 0 aromatic carbocycles. The van der Waals surface area contributed by atoms with Crippen molar-refractivity contribution in [3.8, 4) is 0 Å². The molecule has 0 fully saturated rings. The molecule has 3 heteroatoms. The number of hydrogen-bond donors (Lipinski definition) is 2. The molecule has 1 atom stereocenters. The van der Waals surface area contributed by atoms with Gasteiger partial charge in [-0.1, -0.05) is 12.2 Å². The van der Waals surface area contributed by atoms with Gasteiger partial charge in [0.15, 0.2) is 0 Å². The highest BCUT2D eigenvalue weighted by Gasteiger charge is 1.78. The summed E-state index contributed by atoms with van der Waals surface area (Å²) in [6.07, 6.45) is 3.26. The minimum Gasteiger partial charge on any atom is -0.481 e. The molecule has 3 nitrogen and oxygen atoms in total. The maximum absolute atomic E-state index is 9.00. The third-order valence-electron chi connectivity index (χ3n) is 0.471. The number of carboxylic acid groups (broad SMARTS) is 1. The number of carboxylic acids is 1. The molecule has 0 bridgehead atoms. The predicted molar refractivity (Wildman–Crippen MR) is 39.8 cm³/mol. The van der Waals surface area contributed by atoms with Crippen LogP contribution in [0.1, 0.15) is 20.8 Å². The maximum Gasteiger partial charge on any atom is 0.300 e. The highest BCUT2D eigenvalue weighted by atomic mass is 16.4. The molecular formula is C7H14O3. The first kappa shape index (κ1) is 11.9. The van der Waals surface area contributed by atoms with E-state index in [-0.39, 0.29) is 6.10 Å². The average Bonchev–Trinajstić information content (AvgIpc) is 1.62. The molecule has 0 aromatic rings. The Balaban J connectivity index is 0. The van der Waals surface area contributed by atoms with Gasteiger partial charge in [0.1, 0.15) is 0 Å². The van der Waals surface area contributed by atoms with Crippen LogP contribution in [0.5, 0.6) is 0 Å². The van der Waals surface area contributed by atoms with Crippen molar-refractivity contribution < 1.29 is 15.0 Å². The smallest absolute Gasteiger partial charge is 0.300 e. The van der Waals surface area contributed by atoms with Crippen molar-refractivity contribution in [3.05, 3.63) is 12.2 Å². The number of aliphatic hydroxyl groups excluding tert-OH is 1. The van der Waals surface area contributed by atoms with E-state index in [0.29, 0.717) is 0 Å². The van der Waals surface area contributed by atoms with Crippen molar-refractivity contribution in [1.29, 1.82) is 0 Å². The zero-order chi connectivity index (χ0) is 8.57. The molecule has 0 radical (unpaired) electrons. The fraction of sp³-hybridized carbons (Fsp3) is 0.571. The van der Waals surface area contributed by atoms with E-state index in [1.54, 1.807) is 13.0 Å². The minimum absolute atomic E-state index is 0.282. The molecule has 0 aliphatic heterocycles. The first-order valence-corrected chi connectivity index (χ1v) is 3.01. The summed E-state index contributed by atoms with van der Waals surface area (Å²) in [5.41, 5.74) is 0. The van der Waals surface area contributed by atoms with Crippen molar-refractivity contribution in [1.82, 2.24) is 0 Å². The van der Waals surface area contributed by atoms with Crippen molar-refractivity contribution in [2.45, 2.75) is 26.9 Å². The Hall–Kier alpha value is -0.830. The van der Waals surface area contributed by atoms with Gasteiger partial charge in [0, 0.05) is 6.92 Å². The Kier molecular flexibility index (Phi) is 9.73. The van der Waals surface area contributed by atoms with Crippen LogP contribution in [0.25, 0.3) is 0 Å². The van der Waals surface area contributed by atoms with Gasteiger partial charge < -0.3 is 10.2 Å². The van der Waals surface area contributed by atoms with Gasteiger partial charge in [-0.3, -0.25) is 4.79 Å². The average molecular weight is 146 g/mol. The van der Waals surface area contributed by atoms with Gasteiger partial charge in [-0.05, 0) is 13.8 Å².